The largest absolute Gasteiger partial charge is 1.00 e. The first-order valence-corrected chi connectivity index (χ1v) is 3.72. The molecule has 1 heterocycles. The molecule has 0 spiro atoms. The van der Waals surface area contributed by atoms with E-state index in [0.29, 0.717) is 13.2 Å². The molecule has 0 amide bonds. The van der Waals surface area contributed by atoms with Crippen molar-refractivity contribution in [2.24, 2.45) is 5.41 Å². The number of aliphatic hydroxyl groups excluding tert-OH is 1. The van der Waals surface area contributed by atoms with Gasteiger partial charge in [0.2, 0.25) is 0 Å². The van der Waals surface area contributed by atoms with Crippen molar-refractivity contribution in [3.05, 3.63) is 0 Å². The molecule has 0 radical (unpaired) electrons. The molecule has 1 aliphatic rings. The summed E-state index contributed by atoms with van der Waals surface area (Å²) in [5, 5.41) is 19.5. The number of hydrogen-bond acceptors (Lipinski definition) is 4. The summed E-state index contributed by atoms with van der Waals surface area (Å²) in [6.45, 7) is 2.55. The third-order valence-electron chi connectivity index (χ3n) is 2.14. The molecule has 0 aliphatic carbocycles. The second-order valence-corrected chi connectivity index (χ2v) is 2.92. The Morgan fingerprint density at radius 2 is 2.00 bits per heavy atom. The van der Waals surface area contributed by atoms with Gasteiger partial charge in [0.05, 0.1) is 6.61 Å². The normalized spacial score (nSPS) is 21.8. The van der Waals surface area contributed by atoms with Gasteiger partial charge < -0.3 is 19.4 Å². The molecule has 12 heavy (non-hydrogen) atoms. The molecule has 0 saturated carbocycles. The predicted molar refractivity (Wildman–Crippen MR) is 37.5 cm³/mol. The molecule has 0 aromatic carbocycles. The van der Waals surface area contributed by atoms with Gasteiger partial charge in [-0.2, -0.15) is 0 Å². The summed E-state index contributed by atoms with van der Waals surface area (Å²) in [6.07, 6.45) is 0.760. The molecule has 1 saturated heterocycles. The van der Waals surface area contributed by atoms with Crippen LogP contribution in [0.5, 0.6) is 0 Å². The van der Waals surface area contributed by atoms with Crippen LogP contribution in [0.1, 0.15) is 13.3 Å². The van der Waals surface area contributed by atoms with E-state index in [2.05, 4.69) is 0 Å². The molecule has 1 aliphatic heterocycles. The van der Waals surface area contributed by atoms with Crippen LogP contribution < -0.4 is 34.6 Å². The van der Waals surface area contributed by atoms with Gasteiger partial charge in [0, 0.05) is 18.6 Å². The van der Waals surface area contributed by atoms with Crippen LogP contribution in [0, 0.1) is 5.41 Å². The van der Waals surface area contributed by atoms with Crippen LogP contribution >= 0.6 is 0 Å². The molecule has 4 nitrogen and oxygen atoms in total. The van der Waals surface area contributed by atoms with E-state index in [0.717, 1.165) is 6.42 Å². The Labute approximate surface area is 94.7 Å². The van der Waals surface area contributed by atoms with Crippen LogP contribution in [-0.4, -0.2) is 32.2 Å². The zero-order valence-electron chi connectivity index (χ0n) is 7.58. The first-order chi connectivity index (χ1) is 5.22. The van der Waals surface area contributed by atoms with Crippen LogP contribution in [0.4, 0.5) is 0 Å². The van der Waals surface area contributed by atoms with E-state index in [9.17, 15) is 5.02 Å². The number of rotatable bonds is 2. The van der Waals surface area contributed by atoms with Crippen LogP contribution in [0.15, 0.2) is 0 Å². The maximum absolute atomic E-state index is 10.5. The monoisotopic (exact) mass is 182 g/mol. The second kappa shape index (κ2) is 5.60. The van der Waals surface area contributed by atoms with E-state index >= 15 is 0 Å². The molecule has 0 aromatic heterocycles. The van der Waals surface area contributed by atoms with Crippen molar-refractivity contribution in [2.45, 2.75) is 13.3 Å². The first kappa shape index (κ1) is 12.9. The number of hydrogen-bond donors (Lipinski definition) is 1. The van der Waals surface area contributed by atoms with Gasteiger partial charge in [0.25, 0.3) is 0 Å². The Morgan fingerprint density at radius 3 is 2.33 bits per heavy atom. The molecule has 64 valence electrons. The molecular formula is C6H12BNaO4. The molecular weight excluding hydrogens is 170 g/mol. The zero-order valence-corrected chi connectivity index (χ0v) is 9.58. The Hall–Kier alpha value is 0.905. The second-order valence-electron chi connectivity index (χ2n) is 2.92. The fraction of sp³-hybridized carbons (Fsp3) is 1.00. The minimum Gasteiger partial charge on any atom is -0.832 e. The van der Waals surface area contributed by atoms with Crippen LogP contribution in [-0.2, 0) is 9.31 Å². The van der Waals surface area contributed by atoms with Gasteiger partial charge in [0.15, 0.2) is 0 Å². The summed E-state index contributed by atoms with van der Waals surface area (Å²) < 4.78 is 9.48. The fourth-order valence-corrected chi connectivity index (χ4v) is 0.987. The van der Waals surface area contributed by atoms with E-state index in [1.54, 1.807) is 0 Å². The third kappa shape index (κ3) is 2.99. The van der Waals surface area contributed by atoms with E-state index in [4.69, 9.17) is 14.4 Å². The van der Waals surface area contributed by atoms with E-state index in [1.165, 1.54) is 0 Å². The molecule has 0 atom stereocenters. The van der Waals surface area contributed by atoms with Crippen molar-refractivity contribution in [3.63, 3.8) is 0 Å². The van der Waals surface area contributed by atoms with Gasteiger partial charge in [-0.05, 0) is 6.42 Å². The average molecular weight is 182 g/mol. The summed E-state index contributed by atoms with van der Waals surface area (Å²) in [4.78, 5) is 0. The molecule has 0 aromatic rings. The maximum atomic E-state index is 10.5. The van der Waals surface area contributed by atoms with E-state index < -0.39 is 7.32 Å². The summed E-state index contributed by atoms with van der Waals surface area (Å²) in [5.41, 5.74) is -0.346. The Balaban J connectivity index is 0.00000121. The van der Waals surface area contributed by atoms with Crippen molar-refractivity contribution < 1.29 is 49.0 Å². The molecule has 1 fully saturated rings. The van der Waals surface area contributed by atoms with Crippen molar-refractivity contribution in [3.8, 4) is 0 Å². The van der Waals surface area contributed by atoms with Crippen molar-refractivity contribution >= 4 is 7.32 Å². The van der Waals surface area contributed by atoms with Crippen LogP contribution in [0.3, 0.4) is 0 Å². The molecule has 0 bridgehead atoms. The van der Waals surface area contributed by atoms with Gasteiger partial charge in [-0.25, -0.2) is 0 Å². The maximum Gasteiger partial charge on any atom is 1.00 e. The van der Waals surface area contributed by atoms with Crippen molar-refractivity contribution in [1.29, 1.82) is 0 Å². The van der Waals surface area contributed by atoms with E-state index in [-0.39, 0.29) is 41.6 Å². The summed E-state index contributed by atoms with van der Waals surface area (Å²) in [5.74, 6) is 0. The quantitative estimate of drug-likeness (QED) is 0.439. The van der Waals surface area contributed by atoms with Gasteiger partial charge in [-0.3, -0.25) is 0 Å². The van der Waals surface area contributed by atoms with Crippen molar-refractivity contribution in [2.75, 3.05) is 19.8 Å². The summed E-state index contributed by atoms with van der Waals surface area (Å²) >= 11 is 0. The van der Waals surface area contributed by atoms with Gasteiger partial charge in [-0.1, -0.05) is 6.92 Å². The van der Waals surface area contributed by atoms with Crippen LogP contribution in [0.25, 0.3) is 0 Å². The SMILES string of the molecule is CCC1(CO)COB([O-])OC1.[Na+]. The van der Waals surface area contributed by atoms with Gasteiger partial charge >= 0.3 is 36.9 Å². The number of aliphatic hydroxyl groups is 1. The summed E-state index contributed by atoms with van der Waals surface area (Å²) in [7, 11) is -1.36. The predicted octanol–water partition coefficient (Wildman–Crippen LogP) is -4.23. The zero-order chi connectivity index (χ0) is 8.32. The Morgan fingerprint density at radius 1 is 1.50 bits per heavy atom. The summed E-state index contributed by atoms with van der Waals surface area (Å²) in [6, 6.07) is 0. The molecule has 1 N–H and O–H groups in total. The van der Waals surface area contributed by atoms with Gasteiger partial charge in [-0.15, -0.1) is 0 Å². The minimum absolute atomic E-state index is 0. The van der Waals surface area contributed by atoms with Crippen LogP contribution in [0.2, 0.25) is 0 Å². The van der Waals surface area contributed by atoms with E-state index in [1.807, 2.05) is 6.92 Å². The fourth-order valence-electron chi connectivity index (χ4n) is 0.987. The topological polar surface area (TPSA) is 61.8 Å². The molecule has 0 unspecified atom stereocenters. The Kier molecular flexibility index (Phi) is 6.02. The third-order valence-corrected chi connectivity index (χ3v) is 2.14. The molecule has 6 heteroatoms. The smallest absolute Gasteiger partial charge is 0.832 e. The Bertz CT molecular complexity index is 121. The first-order valence-electron chi connectivity index (χ1n) is 3.72. The molecule has 1 rings (SSSR count). The van der Waals surface area contributed by atoms with Crippen molar-refractivity contribution in [1.82, 2.24) is 0 Å². The standard InChI is InChI=1S/C6H12BO4.Na/c1-2-6(3-8)4-10-7(9)11-5-6;/h8H,2-5H2,1H3;/q-1;+1. The van der Waals surface area contributed by atoms with Gasteiger partial charge in [0.1, 0.15) is 0 Å². The minimum atomic E-state index is -1.36. The average Bonchev–Trinajstić information content (AvgIpc) is 2.07.